The molecule has 124 valence electrons. The molecule has 5 nitrogen and oxygen atoms in total. The van der Waals surface area contributed by atoms with E-state index in [0.29, 0.717) is 24.7 Å². The zero-order valence-corrected chi connectivity index (χ0v) is 15.3. The number of esters is 1. The standard InChI is InChI=1S/C16H24BrNO4/c1-6-22-16(19)15(10(2)3)18-9-11-7-13(20-4)14(21-5)8-12(11)17/h7-8,10,15,18H,6,9H2,1-5H3/t15-/m0/s1. The van der Waals surface area contributed by atoms with Gasteiger partial charge >= 0.3 is 5.97 Å². The van der Waals surface area contributed by atoms with Crippen LogP contribution in [0.25, 0.3) is 0 Å². The molecule has 0 bridgehead atoms. The maximum Gasteiger partial charge on any atom is 0.323 e. The Morgan fingerprint density at radius 1 is 1.23 bits per heavy atom. The highest BCUT2D eigenvalue weighted by Gasteiger charge is 2.23. The number of nitrogens with one attached hydrogen (secondary N) is 1. The molecule has 1 atom stereocenters. The van der Waals surface area contributed by atoms with E-state index in [4.69, 9.17) is 14.2 Å². The van der Waals surface area contributed by atoms with E-state index in [-0.39, 0.29) is 17.9 Å². The topological polar surface area (TPSA) is 56.8 Å². The smallest absolute Gasteiger partial charge is 0.323 e. The van der Waals surface area contributed by atoms with Gasteiger partial charge in [0.2, 0.25) is 0 Å². The minimum absolute atomic E-state index is 0.137. The lowest BCUT2D eigenvalue weighted by Crippen LogP contribution is -2.41. The summed E-state index contributed by atoms with van der Waals surface area (Å²) >= 11 is 3.51. The third kappa shape index (κ3) is 4.88. The van der Waals surface area contributed by atoms with Crippen LogP contribution in [-0.4, -0.2) is 32.8 Å². The van der Waals surface area contributed by atoms with Gasteiger partial charge in [-0.2, -0.15) is 0 Å². The Morgan fingerprint density at radius 3 is 2.32 bits per heavy atom. The van der Waals surface area contributed by atoms with Crippen molar-refractivity contribution < 1.29 is 19.0 Å². The second kappa shape index (κ2) is 9.00. The van der Waals surface area contributed by atoms with Gasteiger partial charge in [-0.1, -0.05) is 29.8 Å². The number of halogens is 1. The van der Waals surface area contributed by atoms with E-state index in [1.54, 1.807) is 21.1 Å². The molecule has 0 spiro atoms. The molecule has 22 heavy (non-hydrogen) atoms. The Bertz CT molecular complexity index is 505. The largest absolute Gasteiger partial charge is 0.493 e. The lowest BCUT2D eigenvalue weighted by atomic mass is 10.0. The number of hydrogen-bond acceptors (Lipinski definition) is 5. The molecule has 0 fully saturated rings. The lowest BCUT2D eigenvalue weighted by molar-refractivity contribution is -0.146. The van der Waals surface area contributed by atoms with Crippen molar-refractivity contribution in [1.82, 2.24) is 5.32 Å². The number of ether oxygens (including phenoxy) is 3. The molecule has 0 heterocycles. The summed E-state index contributed by atoms with van der Waals surface area (Å²) in [5.74, 6) is 1.22. The van der Waals surface area contributed by atoms with E-state index in [0.717, 1.165) is 10.0 Å². The number of hydrogen-bond donors (Lipinski definition) is 1. The van der Waals surface area contributed by atoms with Gasteiger partial charge in [-0.25, -0.2) is 0 Å². The van der Waals surface area contributed by atoms with Gasteiger partial charge in [0.15, 0.2) is 11.5 Å². The van der Waals surface area contributed by atoms with E-state index >= 15 is 0 Å². The molecule has 1 aromatic rings. The van der Waals surface area contributed by atoms with Gasteiger partial charge in [0, 0.05) is 11.0 Å². The van der Waals surface area contributed by atoms with Crippen molar-refractivity contribution in [3.63, 3.8) is 0 Å². The van der Waals surface area contributed by atoms with Crippen molar-refractivity contribution in [3.8, 4) is 11.5 Å². The zero-order chi connectivity index (χ0) is 16.7. The highest BCUT2D eigenvalue weighted by atomic mass is 79.9. The summed E-state index contributed by atoms with van der Waals surface area (Å²) < 4.78 is 16.6. The third-order valence-electron chi connectivity index (χ3n) is 3.27. The Kier molecular flexibility index (Phi) is 7.68. The van der Waals surface area contributed by atoms with Gasteiger partial charge in [-0.05, 0) is 30.5 Å². The Morgan fingerprint density at radius 2 is 1.82 bits per heavy atom. The second-order valence-electron chi connectivity index (χ2n) is 5.15. The van der Waals surface area contributed by atoms with E-state index < -0.39 is 0 Å². The summed E-state index contributed by atoms with van der Waals surface area (Å²) in [6, 6.07) is 3.39. The monoisotopic (exact) mass is 373 g/mol. The van der Waals surface area contributed by atoms with Crippen LogP contribution in [0.1, 0.15) is 26.3 Å². The van der Waals surface area contributed by atoms with Crippen LogP contribution in [-0.2, 0) is 16.1 Å². The minimum atomic E-state index is -0.347. The van der Waals surface area contributed by atoms with Crippen molar-refractivity contribution in [2.24, 2.45) is 5.92 Å². The molecule has 0 unspecified atom stereocenters. The first kappa shape index (κ1) is 18.8. The molecular formula is C16H24BrNO4. The molecular weight excluding hydrogens is 350 g/mol. The van der Waals surface area contributed by atoms with Crippen LogP contribution in [0.15, 0.2) is 16.6 Å². The summed E-state index contributed by atoms with van der Waals surface area (Å²) in [4.78, 5) is 12.0. The van der Waals surface area contributed by atoms with E-state index in [2.05, 4.69) is 21.2 Å². The van der Waals surface area contributed by atoms with Crippen LogP contribution < -0.4 is 14.8 Å². The fourth-order valence-electron chi connectivity index (χ4n) is 2.07. The van der Waals surface area contributed by atoms with E-state index in [1.807, 2.05) is 26.0 Å². The molecule has 0 radical (unpaired) electrons. The molecule has 1 aromatic carbocycles. The number of rotatable bonds is 8. The maximum atomic E-state index is 12.0. The van der Waals surface area contributed by atoms with Gasteiger partial charge in [0.1, 0.15) is 6.04 Å². The van der Waals surface area contributed by atoms with Crippen molar-refractivity contribution in [1.29, 1.82) is 0 Å². The first-order chi connectivity index (χ1) is 10.4. The number of carbonyl (C=O) groups is 1. The fraction of sp³-hybridized carbons (Fsp3) is 0.562. The van der Waals surface area contributed by atoms with Gasteiger partial charge in [-0.15, -0.1) is 0 Å². The van der Waals surface area contributed by atoms with Crippen LogP contribution in [0.5, 0.6) is 11.5 Å². The van der Waals surface area contributed by atoms with Crippen LogP contribution >= 0.6 is 15.9 Å². The van der Waals surface area contributed by atoms with Crippen molar-refractivity contribution in [3.05, 3.63) is 22.2 Å². The van der Waals surface area contributed by atoms with Crippen molar-refractivity contribution in [2.75, 3.05) is 20.8 Å². The molecule has 1 rings (SSSR count). The van der Waals surface area contributed by atoms with Gasteiger partial charge in [0.05, 0.1) is 20.8 Å². The molecule has 0 amide bonds. The lowest BCUT2D eigenvalue weighted by Gasteiger charge is -2.21. The van der Waals surface area contributed by atoms with Crippen molar-refractivity contribution >= 4 is 21.9 Å². The van der Waals surface area contributed by atoms with Crippen LogP contribution in [0.2, 0.25) is 0 Å². The fourth-order valence-corrected chi connectivity index (χ4v) is 2.54. The third-order valence-corrected chi connectivity index (χ3v) is 4.01. The summed E-state index contributed by atoms with van der Waals surface area (Å²) in [6.45, 7) is 6.67. The van der Waals surface area contributed by atoms with Gasteiger partial charge in [0.25, 0.3) is 0 Å². The van der Waals surface area contributed by atoms with Crippen LogP contribution in [0.4, 0.5) is 0 Å². The molecule has 0 saturated heterocycles. The molecule has 0 aliphatic carbocycles. The van der Waals surface area contributed by atoms with Gasteiger partial charge in [-0.3, -0.25) is 4.79 Å². The maximum absolute atomic E-state index is 12.0. The second-order valence-corrected chi connectivity index (χ2v) is 6.01. The average molecular weight is 374 g/mol. The number of benzene rings is 1. The predicted octanol–water partition coefficient (Wildman–Crippen LogP) is 3.14. The van der Waals surface area contributed by atoms with E-state index in [9.17, 15) is 4.79 Å². The SMILES string of the molecule is CCOC(=O)[C@@H](NCc1cc(OC)c(OC)cc1Br)C(C)C. The van der Waals surface area contributed by atoms with Crippen LogP contribution in [0.3, 0.4) is 0 Å². The van der Waals surface area contributed by atoms with Gasteiger partial charge < -0.3 is 19.5 Å². The normalized spacial score (nSPS) is 12.1. The number of methoxy groups -OCH3 is 2. The molecule has 0 aromatic heterocycles. The number of carbonyl (C=O) groups excluding carboxylic acids is 1. The first-order valence-corrected chi connectivity index (χ1v) is 8.04. The average Bonchev–Trinajstić information content (AvgIpc) is 2.48. The molecule has 6 heteroatoms. The van der Waals surface area contributed by atoms with Crippen molar-refractivity contribution in [2.45, 2.75) is 33.4 Å². The molecule has 0 saturated carbocycles. The Labute approximate surface area is 140 Å². The molecule has 0 aliphatic heterocycles. The summed E-state index contributed by atoms with van der Waals surface area (Å²) in [5.41, 5.74) is 0.979. The Balaban J connectivity index is 2.87. The van der Waals surface area contributed by atoms with E-state index in [1.165, 1.54) is 0 Å². The first-order valence-electron chi connectivity index (χ1n) is 7.24. The summed E-state index contributed by atoms with van der Waals surface area (Å²) in [6.07, 6.45) is 0. The summed E-state index contributed by atoms with van der Waals surface area (Å²) in [7, 11) is 3.19. The molecule has 1 N–H and O–H groups in total. The molecule has 0 aliphatic rings. The van der Waals surface area contributed by atoms with Crippen LogP contribution in [0, 0.1) is 5.92 Å². The predicted molar refractivity (Wildman–Crippen MR) is 89.3 cm³/mol. The zero-order valence-electron chi connectivity index (χ0n) is 13.7. The minimum Gasteiger partial charge on any atom is -0.493 e. The summed E-state index contributed by atoms with van der Waals surface area (Å²) in [5, 5.41) is 3.25. The quantitative estimate of drug-likeness (QED) is 0.709. The highest BCUT2D eigenvalue weighted by molar-refractivity contribution is 9.10. The highest BCUT2D eigenvalue weighted by Crippen LogP contribution is 2.33. The Hall–Kier alpha value is -1.27.